The van der Waals surface area contributed by atoms with Gasteiger partial charge in [-0.25, -0.2) is 29.9 Å². The Morgan fingerprint density at radius 1 is 0.153 bits per heavy atom. The summed E-state index contributed by atoms with van der Waals surface area (Å²) < 4.78 is 21.8. The molecule has 0 saturated carbocycles. The summed E-state index contributed by atoms with van der Waals surface area (Å²) >= 11 is 1.85. The minimum Gasteiger partial charge on any atom is -0.456 e. The lowest BCUT2D eigenvalue weighted by atomic mass is 9.93. The zero-order chi connectivity index (χ0) is 81.5. The molecule has 0 bridgehead atoms. The number of nitrogens with zero attached hydrogens (tertiary/aromatic N) is 6. The molecule has 6 aromatic heterocycles. The third-order valence-corrected chi connectivity index (χ3v) is 25.7. The smallest absolute Gasteiger partial charge is 0.167 e. The molecule has 9 nitrogen and oxygen atoms in total. The highest BCUT2D eigenvalue weighted by Gasteiger charge is 2.23. The van der Waals surface area contributed by atoms with E-state index < -0.39 is 0 Å². The van der Waals surface area contributed by atoms with Crippen molar-refractivity contribution in [2.24, 2.45) is 0 Å². The molecule has 26 aromatic rings. The Labute approximate surface area is 713 Å². The maximum atomic E-state index is 6.46. The number of hydrogen-bond donors (Lipinski definition) is 0. The molecule has 6 heterocycles. The zero-order valence-electron chi connectivity index (χ0n) is 66.4. The SMILES string of the molecule is c1ccc(-c2ccc(-c3nc(-c4ccc5c(-c6ccc7c(c6)sc6ccccc67)cccc5c4)nc(-c4ccc(-c5ccc6oc7cc8ccccc8cc7c6c5)c5ccccc45)n3)cc2)cc1.c1ccc2cc(-c3nc(-c4ccc5c(-c6ccc7oc8cc9ccccc9cc8c7c6)cccc5c4)nc(-c4cccc5c4oc4ccccc45)n3)ccc2c1. The number of furan rings is 3. The molecule has 0 unspecified atom stereocenters. The quantitative estimate of drug-likeness (QED) is 0.132. The van der Waals surface area contributed by atoms with Gasteiger partial charge in [-0.1, -0.05) is 303 Å². The van der Waals surface area contributed by atoms with Crippen LogP contribution in [0.3, 0.4) is 0 Å². The van der Waals surface area contributed by atoms with E-state index in [1.807, 2.05) is 47.7 Å². The molecule has 0 aliphatic rings. The molecule has 20 aromatic carbocycles. The molecule has 0 atom stereocenters. The van der Waals surface area contributed by atoms with Gasteiger partial charge in [0, 0.05) is 80.3 Å². The minimum atomic E-state index is 0.560. The minimum absolute atomic E-state index is 0.560. The first kappa shape index (κ1) is 70.6. The van der Waals surface area contributed by atoms with Gasteiger partial charge in [-0.3, -0.25) is 0 Å². The number of benzene rings is 20. The van der Waals surface area contributed by atoms with E-state index in [1.54, 1.807) is 0 Å². The van der Waals surface area contributed by atoms with Crippen molar-refractivity contribution in [3.63, 3.8) is 0 Å². The summed E-state index contributed by atoms with van der Waals surface area (Å²) in [7, 11) is 0. The number of thiophene rings is 1. The molecular formula is C114H66N6O3S. The van der Waals surface area contributed by atoms with Crippen LogP contribution in [0.4, 0.5) is 0 Å². The van der Waals surface area contributed by atoms with E-state index in [4.69, 9.17) is 43.2 Å². The molecular weight excluding hydrogens is 1530 g/mol. The summed E-state index contributed by atoms with van der Waals surface area (Å²) in [6.07, 6.45) is 0. The van der Waals surface area contributed by atoms with Crippen LogP contribution >= 0.6 is 11.3 Å². The summed E-state index contributed by atoms with van der Waals surface area (Å²) in [5.74, 6) is 3.61. The van der Waals surface area contributed by atoms with E-state index in [9.17, 15) is 0 Å². The highest BCUT2D eigenvalue weighted by Crippen LogP contribution is 2.45. The molecule has 0 saturated heterocycles. The Hall–Kier alpha value is -16.4. The number of para-hydroxylation sites is 2. The van der Waals surface area contributed by atoms with Crippen LogP contribution in [-0.2, 0) is 0 Å². The average Bonchev–Trinajstić information content (AvgIpc) is 1.39. The molecule has 26 rings (SSSR count). The molecule has 10 heteroatoms. The maximum Gasteiger partial charge on any atom is 0.167 e. The second kappa shape index (κ2) is 28.7. The first-order valence-corrected chi connectivity index (χ1v) is 42.5. The Bertz CT molecular complexity index is 8910. The average molecular weight is 1600 g/mol. The molecule has 0 radical (unpaired) electrons. The third-order valence-electron chi connectivity index (χ3n) is 24.6. The first-order valence-electron chi connectivity index (χ1n) is 41.6. The molecule has 0 N–H and O–H groups in total. The Kier molecular flexibility index (Phi) is 16.3. The fraction of sp³-hybridized carbons (Fsp3) is 0. The van der Waals surface area contributed by atoms with Gasteiger partial charge in [0.15, 0.2) is 34.9 Å². The summed E-state index contributed by atoms with van der Waals surface area (Å²) in [5.41, 5.74) is 19.8. The van der Waals surface area contributed by atoms with Gasteiger partial charge in [0.2, 0.25) is 0 Å². The highest BCUT2D eigenvalue weighted by molar-refractivity contribution is 7.25. The Morgan fingerprint density at radius 2 is 0.524 bits per heavy atom. The van der Waals surface area contributed by atoms with Crippen LogP contribution in [-0.4, -0.2) is 29.9 Å². The predicted octanol–water partition coefficient (Wildman–Crippen LogP) is 31.4. The molecule has 0 spiro atoms. The van der Waals surface area contributed by atoms with E-state index in [2.05, 4.69) is 364 Å². The number of rotatable bonds is 10. The van der Waals surface area contributed by atoms with Crippen LogP contribution in [0.2, 0.25) is 0 Å². The lowest BCUT2D eigenvalue weighted by Crippen LogP contribution is -2.01. The van der Waals surface area contributed by atoms with E-state index in [1.165, 1.54) is 58.2 Å². The van der Waals surface area contributed by atoms with Crippen molar-refractivity contribution < 1.29 is 13.3 Å². The number of aromatic nitrogens is 6. The van der Waals surface area contributed by atoms with Gasteiger partial charge in [0.25, 0.3) is 0 Å². The predicted molar refractivity (Wildman–Crippen MR) is 514 cm³/mol. The second-order valence-electron chi connectivity index (χ2n) is 31.9. The maximum absolute atomic E-state index is 6.46. The normalized spacial score (nSPS) is 11.9. The number of hydrogen-bond acceptors (Lipinski definition) is 10. The second-order valence-corrected chi connectivity index (χ2v) is 33.0. The Morgan fingerprint density at radius 3 is 1.15 bits per heavy atom. The lowest BCUT2D eigenvalue weighted by molar-refractivity contribution is 0.669. The number of fused-ring (bicyclic) bond motifs is 18. The van der Waals surface area contributed by atoms with Crippen LogP contribution in [0, 0.1) is 0 Å². The lowest BCUT2D eigenvalue weighted by Gasteiger charge is -2.14. The van der Waals surface area contributed by atoms with Crippen LogP contribution in [0.5, 0.6) is 0 Å². The summed E-state index contributed by atoms with van der Waals surface area (Å²) in [6, 6.07) is 141. The summed E-state index contributed by atoms with van der Waals surface area (Å²) in [6.45, 7) is 0. The van der Waals surface area contributed by atoms with Crippen molar-refractivity contribution in [2.75, 3.05) is 0 Å². The van der Waals surface area contributed by atoms with Crippen LogP contribution in [0.1, 0.15) is 0 Å². The van der Waals surface area contributed by atoms with E-state index >= 15 is 0 Å². The van der Waals surface area contributed by atoms with Crippen molar-refractivity contribution in [3.8, 4) is 113 Å². The van der Waals surface area contributed by atoms with E-state index in [0.29, 0.717) is 34.9 Å². The first-order chi connectivity index (χ1) is 61.3. The topological polar surface area (TPSA) is 117 Å². The van der Waals surface area contributed by atoms with Gasteiger partial charge in [-0.2, -0.15) is 0 Å². The fourth-order valence-corrected chi connectivity index (χ4v) is 19.6. The van der Waals surface area contributed by atoms with E-state index in [-0.39, 0.29) is 0 Å². The monoisotopic (exact) mass is 1600 g/mol. The van der Waals surface area contributed by atoms with Crippen LogP contribution in [0.25, 0.3) is 263 Å². The van der Waals surface area contributed by atoms with Gasteiger partial charge in [-0.15, -0.1) is 11.3 Å². The highest BCUT2D eigenvalue weighted by atomic mass is 32.1. The van der Waals surface area contributed by atoms with Gasteiger partial charge < -0.3 is 13.3 Å². The molecule has 576 valence electrons. The summed E-state index contributed by atoms with van der Waals surface area (Å²) in [5, 5.41) is 22.9. The van der Waals surface area contributed by atoms with Crippen molar-refractivity contribution in [1.82, 2.24) is 29.9 Å². The third kappa shape index (κ3) is 12.1. The van der Waals surface area contributed by atoms with Gasteiger partial charge in [0.1, 0.15) is 33.5 Å². The molecule has 0 amide bonds. The van der Waals surface area contributed by atoms with Crippen molar-refractivity contribution >= 4 is 162 Å². The largest absolute Gasteiger partial charge is 0.456 e. The standard InChI is InChI=1S/C63H37N3OS.C51H29N3O2/c1-2-11-38(12-3-1)39-21-23-40(24-22-39)61-64-62(46-26-28-48-43(33-46)15-10-19-47(48)45-25-29-53-52-18-8-9-20-59(52)68-60(53)37-45)66-63(65-61)54-31-30-49(50-16-6-7-17-51(50)54)44-27-32-57-55(35-44)56-34-41-13-4-5-14-42(41)36-58(56)67-57;1-2-10-31-25-36(20-19-30(31)9-1)49-52-50(54-51(53-49)42-17-8-16-41-40-14-5-6-18-45(40)56-48(41)42)37-21-23-39-34(26-37)13-7-15-38(39)35-22-24-46-43(28-35)44-27-32-11-3-4-12-33(32)29-47(44)55-46/h1-37H;1-29H. The van der Waals surface area contributed by atoms with Gasteiger partial charge in [0.05, 0.1) is 5.56 Å². The zero-order valence-corrected chi connectivity index (χ0v) is 67.2. The van der Waals surface area contributed by atoms with Gasteiger partial charge in [-0.05, 0) is 206 Å². The molecule has 0 aliphatic carbocycles. The van der Waals surface area contributed by atoms with E-state index in [0.717, 1.165) is 170 Å². The van der Waals surface area contributed by atoms with Gasteiger partial charge >= 0.3 is 0 Å². The van der Waals surface area contributed by atoms with Crippen molar-refractivity contribution in [3.05, 3.63) is 400 Å². The summed E-state index contributed by atoms with van der Waals surface area (Å²) in [4.78, 5) is 31.2. The van der Waals surface area contributed by atoms with Crippen LogP contribution < -0.4 is 0 Å². The van der Waals surface area contributed by atoms with Crippen molar-refractivity contribution in [1.29, 1.82) is 0 Å². The fourth-order valence-electron chi connectivity index (χ4n) is 18.5. The Balaban J connectivity index is 0.000000138. The van der Waals surface area contributed by atoms with Crippen LogP contribution in [0.15, 0.2) is 414 Å². The van der Waals surface area contributed by atoms with Crippen molar-refractivity contribution in [2.45, 2.75) is 0 Å². The molecule has 0 aliphatic heterocycles. The molecule has 0 fully saturated rings. The molecule has 124 heavy (non-hydrogen) atoms.